The smallest absolute Gasteiger partial charge is 0.773 e. The van der Waals surface area contributed by atoms with E-state index in [0.717, 1.165) is 25.7 Å². The SMILES string of the molecule is COC(=O)c1sc(S(C)(=O)=O)cc1O.CS(=O)[O-].[Na+]. The predicted octanol–water partition coefficient (Wildman–Crippen LogP) is -2.86. The molecule has 0 aliphatic rings. The Labute approximate surface area is 139 Å². The van der Waals surface area contributed by atoms with Crippen LogP contribution >= 0.6 is 11.3 Å². The van der Waals surface area contributed by atoms with Gasteiger partial charge in [0.1, 0.15) is 9.96 Å². The van der Waals surface area contributed by atoms with Gasteiger partial charge in [0.25, 0.3) is 0 Å². The fourth-order valence-corrected chi connectivity index (χ4v) is 2.66. The number of carbonyl (C=O) groups is 1. The first-order valence-electron chi connectivity index (χ1n) is 4.21. The van der Waals surface area contributed by atoms with Crippen LogP contribution in [0.5, 0.6) is 5.75 Å². The maximum absolute atomic E-state index is 11.1. The van der Waals surface area contributed by atoms with Crippen molar-refractivity contribution in [2.24, 2.45) is 0 Å². The molecule has 0 aliphatic heterocycles. The summed E-state index contributed by atoms with van der Waals surface area (Å²) < 4.78 is 44.4. The van der Waals surface area contributed by atoms with Crippen LogP contribution in [0.3, 0.4) is 0 Å². The van der Waals surface area contributed by atoms with Crippen LogP contribution in [0.15, 0.2) is 10.3 Å². The Hall–Kier alpha value is 0.0300. The van der Waals surface area contributed by atoms with Gasteiger partial charge in [-0.15, -0.1) is 11.3 Å². The third-order valence-corrected chi connectivity index (χ3v) is 4.33. The molecule has 0 aromatic carbocycles. The van der Waals surface area contributed by atoms with Crippen molar-refractivity contribution in [1.82, 2.24) is 0 Å². The summed E-state index contributed by atoms with van der Waals surface area (Å²) in [7, 11) is -2.24. The van der Waals surface area contributed by atoms with Crippen molar-refractivity contribution in [3.63, 3.8) is 0 Å². The van der Waals surface area contributed by atoms with Gasteiger partial charge in [-0.2, -0.15) is 0 Å². The summed E-state index contributed by atoms with van der Waals surface area (Å²) >= 11 is -1.17. The number of methoxy groups -OCH3 is 1. The fraction of sp³-hybridized carbons (Fsp3) is 0.375. The maximum Gasteiger partial charge on any atom is 1.00 e. The van der Waals surface area contributed by atoms with Gasteiger partial charge in [-0.3, -0.25) is 4.21 Å². The largest absolute Gasteiger partial charge is 1.00 e. The second-order valence-corrected chi connectivity index (χ2v) is 7.04. The summed E-state index contributed by atoms with van der Waals surface area (Å²) in [6.45, 7) is 0. The molecule has 1 atom stereocenters. The number of sulfone groups is 1. The third-order valence-electron chi connectivity index (χ3n) is 1.43. The molecule has 1 aromatic heterocycles. The van der Waals surface area contributed by atoms with E-state index in [1.54, 1.807) is 0 Å². The number of rotatable bonds is 2. The van der Waals surface area contributed by atoms with Crippen LogP contribution in [0.2, 0.25) is 0 Å². The molecule has 1 aromatic rings. The maximum atomic E-state index is 11.1. The first-order chi connectivity index (χ1) is 8.09. The van der Waals surface area contributed by atoms with E-state index < -0.39 is 26.9 Å². The molecule has 1 N–H and O–H groups in total. The minimum absolute atomic E-state index is 0. The van der Waals surface area contributed by atoms with Gasteiger partial charge in [0.15, 0.2) is 14.7 Å². The van der Waals surface area contributed by atoms with Crippen molar-refractivity contribution in [2.45, 2.75) is 4.21 Å². The zero-order valence-corrected chi connectivity index (χ0v) is 15.1. The van der Waals surface area contributed by atoms with Crippen LogP contribution in [-0.2, 0) is 25.7 Å². The summed E-state index contributed by atoms with van der Waals surface area (Å²) in [4.78, 5) is 10.9. The van der Waals surface area contributed by atoms with Crippen LogP contribution in [0.4, 0.5) is 0 Å². The summed E-state index contributed by atoms with van der Waals surface area (Å²) in [5.41, 5.74) is 0. The number of hydrogen-bond donors (Lipinski definition) is 1. The summed E-state index contributed by atoms with van der Waals surface area (Å²) in [6, 6.07) is 1.03. The molecule has 0 bridgehead atoms. The number of carbonyl (C=O) groups excluding carboxylic acids is 1. The molecule has 7 nitrogen and oxygen atoms in total. The van der Waals surface area contributed by atoms with E-state index in [1.807, 2.05) is 0 Å². The van der Waals surface area contributed by atoms with Crippen LogP contribution in [0, 0.1) is 0 Å². The summed E-state index contributed by atoms with van der Waals surface area (Å²) in [5.74, 6) is -1.12. The molecule has 0 spiro atoms. The Bertz CT molecular complexity index is 545. The number of hydrogen-bond acceptors (Lipinski definition) is 8. The van der Waals surface area contributed by atoms with Gasteiger partial charge >= 0.3 is 35.5 Å². The van der Waals surface area contributed by atoms with Gasteiger partial charge in [-0.1, -0.05) is 11.1 Å². The van der Waals surface area contributed by atoms with Crippen LogP contribution in [0.25, 0.3) is 0 Å². The average Bonchev–Trinajstić information content (AvgIpc) is 2.58. The first kappa shape index (κ1) is 21.3. The van der Waals surface area contributed by atoms with Gasteiger partial charge < -0.3 is 14.4 Å². The zero-order chi connectivity index (χ0) is 14.5. The second-order valence-electron chi connectivity index (χ2n) is 2.94. The molecule has 0 amide bonds. The van der Waals surface area contributed by atoms with E-state index in [9.17, 15) is 18.3 Å². The fourth-order valence-electron chi connectivity index (χ4n) is 0.781. The first-order valence-corrected chi connectivity index (χ1v) is 8.40. The predicted molar refractivity (Wildman–Crippen MR) is 65.3 cm³/mol. The molecule has 1 heterocycles. The van der Waals surface area contributed by atoms with Crippen molar-refractivity contribution < 1.29 is 61.4 Å². The quantitative estimate of drug-likeness (QED) is 0.350. The van der Waals surface area contributed by atoms with Crippen LogP contribution in [-0.4, -0.2) is 47.9 Å². The molecule has 1 rings (SSSR count). The minimum Gasteiger partial charge on any atom is -0.773 e. The van der Waals surface area contributed by atoms with Crippen molar-refractivity contribution in [3.05, 3.63) is 10.9 Å². The van der Waals surface area contributed by atoms with E-state index >= 15 is 0 Å². The van der Waals surface area contributed by atoms with Gasteiger partial charge in [-0.25, -0.2) is 13.2 Å². The Balaban J connectivity index is 0. The average molecular weight is 338 g/mol. The van der Waals surface area contributed by atoms with Crippen molar-refractivity contribution in [1.29, 1.82) is 0 Å². The van der Waals surface area contributed by atoms with Crippen molar-refractivity contribution in [3.8, 4) is 5.75 Å². The Morgan fingerprint density at radius 3 is 2.21 bits per heavy atom. The monoisotopic (exact) mass is 338 g/mol. The molecular formula is C8H11NaO7S3. The van der Waals surface area contributed by atoms with Crippen LogP contribution in [0.1, 0.15) is 9.67 Å². The molecule has 0 saturated heterocycles. The molecule has 0 aliphatic carbocycles. The molecule has 19 heavy (non-hydrogen) atoms. The molecule has 0 fully saturated rings. The summed E-state index contributed by atoms with van der Waals surface area (Å²) in [6.07, 6.45) is 2.08. The van der Waals surface area contributed by atoms with E-state index in [4.69, 9.17) is 8.76 Å². The van der Waals surface area contributed by atoms with Crippen molar-refractivity contribution in [2.75, 3.05) is 19.6 Å². The van der Waals surface area contributed by atoms with Crippen molar-refractivity contribution >= 4 is 38.2 Å². The second kappa shape index (κ2) is 9.06. The normalized spacial score (nSPS) is 11.6. The number of thiophene rings is 1. The van der Waals surface area contributed by atoms with E-state index in [1.165, 1.54) is 0 Å². The Morgan fingerprint density at radius 1 is 1.53 bits per heavy atom. The minimum atomic E-state index is -3.40. The Kier molecular flexibility index (Phi) is 10.2. The molecule has 11 heteroatoms. The van der Waals surface area contributed by atoms with E-state index in [0.29, 0.717) is 11.3 Å². The van der Waals surface area contributed by atoms with Crippen LogP contribution < -0.4 is 29.6 Å². The van der Waals surface area contributed by atoms with Gasteiger partial charge in [-0.05, 0) is 6.26 Å². The standard InChI is InChI=1S/C7H8O5S2.CH4O2S.Na/c1-12-7(9)6-4(8)3-5(13-6)14(2,10)11;1-4(2)3;/h3,8H,1-2H3;1H3,(H,2,3);/q;;+1/p-1. The Morgan fingerprint density at radius 2 is 1.95 bits per heavy atom. The van der Waals surface area contributed by atoms with Gasteiger partial charge in [0, 0.05) is 12.3 Å². The van der Waals surface area contributed by atoms with Gasteiger partial charge in [0.05, 0.1) is 7.11 Å². The molecular weight excluding hydrogens is 327 g/mol. The third kappa shape index (κ3) is 8.02. The number of aromatic hydroxyl groups is 1. The molecule has 104 valence electrons. The topological polar surface area (TPSA) is 121 Å². The number of esters is 1. The molecule has 1 unspecified atom stereocenters. The summed E-state index contributed by atoms with van der Waals surface area (Å²) in [5, 5.41) is 9.24. The molecule has 0 saturated carbocycles. The number of ether oxygens (including phenoxy) is 1. The zero-order valence-electron chi connectivity index (χ0n) is 10.7. The van der Waals surface area contributed by atoms with E-state index in [2.05, 4.69) is 4.74 Å². The van der Waals surface area contributed by atoms with E-state index in [-0.39, 0.29) is 44.4 Å². The van der Waals surface area contributed by atoms with Gasteiger partial charge in [0.2, 0.25) is 0 Å². The molecule has 0 radical (unpaired) electrons.